The van der Waals surface area contributed by atoms with Crippen LogP contribution in [0.15, 0.2) is 48.5 Å². The fourth-order valence-electron chi connectivity index (χ4n) is 3.11. The highest BCUT2D eigenvalue weighted by molar-refractivity contribution is 5.96. The first-order valence-corrected chi connectivity index (χ1v) is 8.23. The lowest BCUT2D eigenvalue weighted by Crippen LogP contribution is -2.37. The van der Waals surface area contributed by atoms with Crippen LogP contribution in [0.1, 0.15) is 54.2 Å². The van der Waals surface area contributed by atoms with Gasteiger partial charge in [0.25, 0.3) is 5.91 Å². The van der Waals surface area contributed by atoms with Gasteiger partial charge in [0.05, 0.1) is 0 Å². The van der Waals surface area contributed by atoms with E-state index in [9.17, 15) is 4.79 Å². The Morgan fingerprint density at radius 1 is 1.09 bits per heavy atom. The highest BCUT2D eigenvalue weighted by Crippen LogP contribution is 2.28. The van der Waals surface area contributed by atoms with Crippen molar-refractivity contribution < 1.29 is 4.79 Å². The first kappa shape index (κ1) is 17.3. The Balaban J connectivity index is 2.06. The largest absolute Gasteiger partial charge is 0.350 e. The lowest BCUT2D eigenvalue weighted by atomic mass is 9.79. The van der Waals surface area contributed by atoms with Gasteiger partial charge in [-0.1, -0.05) is 61.9 Å². The Kier molecular flexibility index (Phi) is 5.25. The summed E-state index contributed by atoms with van der Waals surface area (Å²) in [5, 5.41) is 3.15. The summed E-state index contributed by atoms with van der Waals surface area (Å²) in [6, 6.07) is 16.6. The highest BCUT2D eigenvalue weighted by Gasteiger charge is 2.24. The van der Waals surface area contributed by atoms with Crippen molar-refractivity contribution in [3.8, 4) is 0 Å². The third-order valence-electron chi connectivity index (χ3n) is 4.39. The van der Waals surface area contributed by atoms with Gasteiger partial charge in [-0.15, -0.1) is 0 Å². The molecule has 2 heteroatoms. The fourth-order valence-corrected chi connectivity index (χ4v) is 3.11. The van der Waals surface area contributed by atoms with Crippen molar-refractivity contribution in [1.82, 2.24) is 5.32 Å². The number of carbonyl (C=O) groups excluding carboxylic acids is 1. The summed E-state index contributed by atoms with van der Waals surface area (Å²) in [5.74, 6) is 0.0163. The molecule has 0 aliphatic heterocycles. The van der Waals surface area contributed by atoms with Gasteiger partial charge in [0, 0.05) is 11.6 Å². The molecule has 0 aliphatic carbocycles. The van der Waals surface area contributed by atoms with E-state index in [-0.39, 0.29) is 17.4 Å². The highest BCUT2D eigenvalue weighted by atomic mass is 16.1. The lowest BCUT2D eigenvalue weighted by molar-refractivity contribution is 0.0934. The second-order valence-corrected chi connectivity index (χ2v) is 7.15. The van der Waals surface area contributed by atoms with Gasteiger partial charge in [0.2, 0.25) is 0 Å². The molecule has 0 saturated carbocycles. The van der Waals surface area contributed by atoms with Gasteiger partial charge in [-0.3, -0.25) is 4.79 Å². The monoisotopic (exact) mass is 309 g/mol. The summed E-state index contributed by atoms with van der Waals surface area (Å²) >= 11 is 0. The molecule has 0 spiro atoms. The van der Waals surface area contributed by atoms with E-state index in [1.165, 1.54) is 5.56 Å². The van der Waals surface area contributed by atoms with Gasteiger partial charge in [-0.05, 0) is 49.8 Å². The number of benzene rings is 2. The zero-order chi connectivity index (χ0) is 17.0. The van der Waals surface area contributed by atoms with Gasteiger partial charge >= 0.3 is 0 Å². The van der Waals surface area contributed by atoms with Gasteiger partial charge in [0.1, 0.15) is 0 Å². The van der Waals surface area contributed by atoms with Gasteiger partial charge in [0.15, 0.2) is 0 Å². The Morgan fingerprint density at radius 3 is 2.39 bits per heavy atom. The molecule has 0 bridgehead atoms. The number of hydrogen-bond donors (Lipinski definition) is 1. The minimum absolute atomic E-state index is 0.0163. The van der Waals surface area contributed by atoms with Crippen molar-refractivity contribution >= 4 is 5.91 Å². The van der Waals surface area contributed by atoms with E-state index in [0.29, 0.717) is 0 Å². The second kappa shape index (κ2) is 6.99. The maximum absolute atomic E-state index is 12.5. The summed E-state index contributed by atoms with van der Waals surface area (Å²) in [5.41, 5.74) is 4.22. The average Bonchev–Trinajstić information content (AvgIpc) is 2.50. The van der Waals surface area contributed by atoms with Crippen LogP contribution >= 0.6 is 0 Å². The van der Waals surface area contributed by atoms with Gasteiger partial charge < -0.3 is 5.32 Å². The van der Waals surface area contributed by atoms with E-state index in [0.717, 1.165) is 23.1 Å². The molecule has 0 saturated heterocycles. The SMILES string of the molecule is Cc1ccc(C)c(C(=O)N[C@@H](C)CC(C)(C)c2ccccc2)c1. The predicted octanol–water partition coefficient (Wildman–Crippen LogP) is 4.79. The van der Waals surface area contributed by atoms with Crippen LogP contribution in [0, 0.1) is 13.8 Å². The minimum atomic E-state index is 0.0163. The van der Waals surface area contributed by atoms with Crippen LogP contribution in [0.5, 0.6) is 0 Å². The zero-order valence-electron chi connectivity index (χ0n) is 14.8. The third kappa shape index (κ3) is 4.44. The van der Waals surface area contributed by atoms with Crippen LogP contribution in [0.4, 0.5) is 0 Å². The maximum atomic E-state index is 12.5. The standard InChI is InChI=1S/C21H27NO/c1-15-11-12-16(2)19(13-15)20(23)22-17(3)14-21(4,5)18-9-7-6-8-10-18/h6-13,17H,14H2,1-5H3,(H,22,23)/t17-/m0/s1. The smallest absolute Gasteiger partial charge is 0.251 e. The van der Waals surface area contributed by atoms with Crippen LogP contribution < -0.4 is 5.32 Å². The molecular formula is C21H27NO. The molecule has 0 heterocycles. The summed E-state index contributed by atoms with van der Waals surface area (Å²) in [7, 11) is 0. The molecule has 0 unspecified atom stereocenters. The molecule has 0 aliphatic rings. The molecular weight excluding hydrogens is 282 g/mol. The molecule has 23 heavy (non-hydrogen) atoms. The molecule has 0 fully saturated rings. The molecule has 2 aromatic rings. The van der Waals surface area contributed by atoms with E-state index < -0.39 is 0 Å². The van der Waals surface area contributed by atoms with E-state index >= 15 is 0 Å². The van der Waals surface area contributed by atoms with Gasteiger partial charge in [-0.25, -0.2) is 0 Å². The van der Waals surface area contributed by atoms with Crippen molar-refractivity contribution in [2.75, 3.05) is 0 Å². The molecule has 0 radical (unpaired) electrons. The Bertz CT molecular complexity index is 673. The molecule has 1 atom stereocenters. The normalized spacial score (nSPS) is 12.7. The van der Waals surface area contributed by atoms with Crippen molar-refractivity contribution in [3.63, 3.8) is 0 Å². The number of nitrogens with one attached hydrogen (secondary N) is 1. The Labute approximate surface area is 139 Å². The van der Waals surface area contributed by atoms with Gasteiger partial charge in [-0.2, -0.15) is 0 Å². The van der Waals surface area contributed by atoms with Crippen LogP contribution in [-0.4, -0.2) is 11.9 Å². The van der Waals surface area contributed by atoms with Crippen LogP contribution in [-0.2, 0) is 5.41 Å². The quantitative estimate of drug-likeness (QED) is 0.845. The van der Waals surface area contributed by atoms with Crippen LogP contribution in [0.3, 0.4) is 0 Å². The molecule has 2 aromatic carbocycles. The van der Waals surface area contributed by atoms with Crippen molar-refractivity contribution in [2.45, 2.75) is 52.5 Å². The second-order valence-electron chi connectivity index (χ2n) is 7.15. The first-order valence-electron chi connectivity index (χ1n) is 8.23. The molecule has 0 aromatic heterocycles. The van der Waals surface area contributed by atoms with Crippen LogP contribution in [0.25, 0.3) is 0 Å². The average molecular weight is 309 g/mol. The molecule has 2 rings (SSSR count). The predicted molar refractivity (Wildman–Crippen MR) is 96.9 cm³/mol. The van der Waals surface area contributed by atoms with Crippen molar-refractivity contribution in [3.05, 3.63) is 70.8 Å². The van der Waals surface area contributed by atoms with E-state index in [1.807, 2.05) is 38.1 Å². The summed E-state index contributed by atoms with van der Waals surface area (Å²) in [6.07, 6.45) is 0.896. The molecule has 122 valence electrons. The minimum Gasteiger partial charge on any atom is -0.350 e. The van der Waals surface area contributed by atoms with Crippen molar-refractivity contribution in [2.24, 2.45) is 0 Å². The van der Waals surface area contributed by atoms with E-state index in [4.69, 9.17) is 0 Å². The number of carbonyl (C=O) groups is 1. The van der Waals surface area contributed by atoms with Crippen LogP contribution in [0.2, 0.25) is 0 Å². The summed E-state index contributed by atoms with van der Waals surface area (Å²) in [4.78, 5) is 12.5. The summed E-state index contributed by atoms with van der Waals surface area (Å²) in [6.45, 7) is 10.5. The first-order chi connectivity index (χ1) is 10.8. The zero-order valence-corrected chi connectivity index (χ0v) is 14.8. The third-order valence-corrected chi connectivity index (χ3v) is 4.39. The topological polar surface area (TPSA) is 29.1 Å². The summed E-state index contributed by atoms with van der Waals surface area (Å²) < 4.78 is 0. The molecule has 2 nitrogen and oxygen atoms in total. The van der Waals surface area contributed by atoms with E-state index in [2.05, 4.69) is 50.4 Å². The molecule has 1 N–H and O–H groups in total. The number of rotatable bonds is 5. The number of hydrogen-bond acceptors (Lipinski definition) is 1. The Hall–Kier alpha value is -2.09. The maximum Gasteiger partial charge on any atom is 0.251 e. The van der Waals surface area contributed by atoms with Crippen molar-refractivity contribution in [1.29, 1.82) is 0 Å². The lowest BCUT2D eigenvalue weighted by Gasteiger charge is -2.29. The fraction of sp³-hybridized carbons (Fsp3) is 0.381. The Morgan fingerprint density at radius 2 is 1.74 bits per heavy atom. The van der Waals surface area contributed by atoms with E-state index in [1.54, 1.807) is 0 Å². The number of aryl methyl sites for hydroxylation is 2. The number of amides is 1. The molecule has 1 amide bonds.